The summed E-state index contributed by atoms with van der Waals surface area (Å²) in [5.41, 5.74) is 15.1. The fraction of sp³-hybridized carbons (Fsp3) is 0.238. The first-order valence-electron chi connectivity index (χ1n) is 25.6. The molecule has 0 bridgehead atoms. The average Bonchev–Trinajstić information content (AvgIpc) is 3.72. The minimum Gasteiger partial charge on any atom is -0.507 e. The van der Waals surface area contributed by atoms with E-state index in [2.05, 4.69) is 48.5 Å². The molecule has 0 fully saturated rings. The number of phenolic OH excluding ortho intramolecular Hbond substituents is 1. The molecule has 0 spiro atoms. The summed E-state index contributed by atoms with van der Waals surface area (Å²) in [6.07, 6.45) is 1.82. The third kappa shape index (κ3) is 9.41. The Balaban J connectivity index is 0.00000711. The zero-order valence-corrected chi connectivity index (χ0v) is 42.9. The van der Waals surface area contributed by atoms with Gasteiger partial charge in [-0.25, -0.2) is 4.98 Å². The number of benzene rings is 7. The van der Waals surface area contributed by atoms with Crippen LogP contribution in [0.1, 0.15) is 133 Å². The van der Waals surface area contributed by atoms with Gasteiger partial charge in [0.1, 0.15) is 11.6 Å². The van der Waals surface area contributed by atoms with E-state index in [0.717, 1.165) is 83.7 Å². The standard InChI is InChI=1S/C63H62N3O.Pt/c1-38(2)43-22-24-45(25-23-43)47-30-31-64-58(37-47)51-33-49(44-16-12-11-13-17-44)32-50(34-51)55-20-15-21-59-61(55)65-63(57-36-48(39(3)4)35-56(42(9)10)62(57)67)66(59)52-28-26-46(27-29-52)60-53(40(5)6)18-14-19-54(60)41(7)8;/h11-33,35-42,67H,1-10H3;/q-1;/i38D,39D,40D,41D,42D;. The zero-order chi connectivity index (χ0) is 51.7. The van der Waals surface area contributed by atoms with Crippen LogP contribution in [0.5, 0.6) is 5.75 Å². The van der Waals surface area contributed by atoms with Gasteiger partial charge >= 0.3 is 0 Å². The van der Waals surface area contributed by atoms with Gasteiger partial charge < -0.3 is 5.11 Å². The SMILES string of the molecule is [2H]C(C)(C)c1ccc(-c2ccnc(-c3[c-]c(-c4cccc5c4nc(-c4cc(C([2H])(C)C)cc(C([2H])(C)C)c4O)n5-c4ccc(-c5c(C([2H])(C)C)cccc5C([2H])(C)C)cc4)cc(-c4ccccc4)c3)c2)cc1.[Pt]. The summed E-state index contributed by atoms with van der Waals surface area (Å²) in [6, 6.07) is 54.1. The number of para-hydroxylation sites is 1. The monoisotopic (exact) mass is 1080 g/mol. The molecular formula is C63H62N3OPt-. The van der Waals surface area contributed by atoms with E-state index in [1.807, 2.05) is 155 Å². The number of nitrogens with zero attached hydrogens (tertiary/aromatic N) is 3. The fourth-order valence-electron chi connectivity index (χ4n) is 9.11. The van der Waals surface area contributed by atoms with Crippen LogP contribution in [0.2, 0.25) is 0 Å². The summed E-state index contributed by atoms with van der Waals surface area (Å²) in [6.45, 7) is 18.4. The van der Waals surface area contributed by atoms with Gasteiger partial charge in [0.15, 0.2) is 0 Å². The summed E-state index contributed by atoms with van der Waals surface area (Å²) in [4.78, 5) is 10.4. The van der Waals surface area contributed by atoms with Crippen LogP contribution in [0.25, 0.3) is 83.9 Å². The van der Waals surface area contributed by atoms with Gasteiger partial charge in [-0.3, -0.25) is 9.55 Å². The number of aromatic nitrogens is 3. The number of hydrogen-bond donors (Lipinski definition) is 1. The molecule has 9 aromatic rings. The molecule has 2 heterocycles. The van der Waals surface area contributed by atoms with Crippen LogP contribution in [-0.4, -0.2) is 19.6 Å². The predicted octanol–water partition coefficient (Wildman–Crippen LogP) is 17.5. The second kappa shape index (κ2) is 20.1. The summed E-state index contributed by atoms with van der Waals surface area (Å²) in [7, 11) is 0. The average molecular weight is 1080 g/mol. The topological polar surface area (TPSA) is 50.9 Å². The molecule has 0 saturated heterocycles. The van der Waals surface area contributed by atoms with E-state index in [4.69, 9.17) is 16.8 Å². The van der Waals surface area contributed by atoms with Crippen molar-refractivity contribution in [3.05, 3.63) is 192 Å². The minimum atomic E-state index is -1.21. The maximum absolute atomic E-state index is 12.3. The van der Waals surface area contributed by atoms with Crippen LogP contribution in [0.3, 0.4) is 0 Å². The van der Waals surface area contributed by atoms with E-state index in [1.165, 1.54) is 0 Å². The molecule has 0 radical (unpaired) electrons. The number of hydrogen-bond acceptors (Lipinski definition) is 3. The molecular weight excluding hydrogens is 1010 g/mol. The van der Waals surface area contributed by atoms with Crippen molar-refractivity contribution in [1.82, 2.24) is 14.5 Å². The zero-order valence-electron chi connectivity index (χ0n) is 45.6. The molecule has 68 heavy (non-hydrogen) atoms. The van der Waals surface area contributed by atoms with Gasteiger partial charge in [0, 0.05) is 45.5 Å². The van der Waals surface area contributed by atoms with Crippen molar-refractivity contribution < 1.29 is 33.0 Å². The molecule has 4 nitrogen and oxygen atoms in total. The van der Waals surface area contributed by atoms with Crippen LogP contribution in [0.15, 0.2) is 158 Å². The fourth-order valence-corrected chi connectivity index (χ4v) is 9.11. The third-order valence-corrected chi connectivity index (χ3v) is 12.8. The Bertz CT molecular complexity index is 3450. The molecule has 0 saturated carbocycles. The van der Waals surface area contributed by atoms with Crippen molar-refractivity contribution in [3.63, 3.8) is 0 Å². The number of pyridine rings is 1. The molecule has 7 aromatic carbocycles. The Morgan fingerprint density at radius 3 is 1.74 bits per heavy atom. The summed E-state index contributed by atoms with van der Waals surface area (Å²) in [5.74, 6) is -4.48. The van der Waals surface area contributed by atoms with Crippen LogP contribution in [0, 0.1) is 6.07 Å². The van der Waals surface area contributed by atoms with E-state index < -0.39 is 29.5 Å². The summed E-state index contributed by atoms with van der Waals surface area (Å²) in [5, 5.41) is 12.3. The molecule has 5 heteroatoms. The summed E-state index contributed by atoms with van der Waals surface area (Å²) < 4.78 is 47.1. The Hall–Kier alpha value is -6.35. The van der Waals surface area contributed by atoms with Gasteiger partial charge in [-0.1, -0.05) is 195 Å². The Morgan fingerprint density at radius 2 is 1.10 bits per heavy atom. The van der Waals surface area contributed by atoms with Crippen molar-refractivity contribution in [1.29, 1.82) is 0 Å². The molecule has 346 valence electrons. The molecule has 0 unspecified atom stereocenters. The molecule has 2 aromatic heterocycles. The Morgan fingerprint density at radius 1 is 0.500 bits per heavy atom. The van der Waals surface area contributed by atoms with Crippen molar-refractivity contribution in [3.8, 4) is 78.6 Å². The number of imidazole rings is 1. The molecule has 0 amide bonds. The van der Waals surface area contributed by atoms with Crippen molar-refractivity contribution in [2.75, 3.05) is 0 Å². The second-order valence-corrected chi connectivity index (χ2v) is 18.7. The largest absolute Gasteiger partial charge is 0.507 e. The van der Waals surface area contributed by atoms with Crippen molar-refractivity contribution in [2.24, 2.45) is 0 Å². The first-order valence-corrected chi connectivity index (χ1v) is 23.1. The maximum atomic E-state index is 12.3. The summed E-state index contributed by atoms with van der Waals surface area (Å²) >= 11 is 0. The smallest absolute Gasteiger partial charge is 0.148 e. The Kier molecular flexibility index (Phi) is 12.3. The number of fused-ring (bicyclic) bond motifs is 1. The van der Waals surface area contributed by atoms with Crippen LogP contribution >= 0.6 is 0 Å². The molecule has 9 rings (SSSR count). The van der Waals surface area contributed by atoms with E-state index in [9.17, 15) is 5.11 Å². The van der Waals surface area contributed by atoms with E-state index >= 15 is 0 Å². The molecule has 0 aliphatic carbocycles. The minimum absolute atomic E-state index is 0. The second-order valence-electron chi connectivity index (χ2n) is 18.7. The normalized spacial score (nSPS) is 13.5. The van der Waals surface area contributed by atoms with Gasteiger partial charge in [0.25, 0.3) is 0 Å². The number of phenols is 1. The molecule has 1 N–H and O–H groups in total. The molecule has 0 aliphatic heterocycles. The third-order valence-electron chi connectivity index (χ3n) is 12.8. The first kappa shape index (κ1) is 41.8. The molecule has 0 aliphatic rings. The van der Waals surface area contributed by atoms with Gasteiger partial charge in [-0.15, -0.1) is 23.8 Å². The van der Waals surface area contributed by atoms with Crippen LogP contribution in [-0.2, 0) is 21.1 Å². The quantitative estimate of drug-likeness (QED) is 0.124. The number of aromatic hydroxyl groups is 1. The van der Waals surface area contributed by atoms with Gasteiger partial charge in [0.2, 0.25) is 0 Å². The van der Waals surface area contributed by atoms with E-state index in [-0.39, 0.29) is 26.8 Å². The molecule has 0 atom stereocenters. The van der Waals surface area contributed by atoms with Crippen molar-refractivity contribution >= 4 is 11.0 Å². The van der Waals surface area contributed by atoms with Gasteiger partial charge in [-0.2, -0.15) is 0 Å². The van der Waals surface area contributed by atoms with Crippen LogP contribution < -0.4 is 0 Å². The predicted molar refractivity (Wildman–Crippen MR) is 282 cm³/mol. The van der Waals surface area contributed by atoms with Gasteiger partial charge in [-0.05, 0) is 115 Å². The maximum Gasteiger partial charge on any atom is 0.148 e. The Labute approximate surface area is 425 Å². The van der Waals surface area contributed by atoms with Crippen molar-refractivity contribution in [2.45, 2.75) is 98.7 Å². The number of rotatable bonds is 12. The van der Waals surface area contributed by atoms with Gasteiger partial charge in [0.05, 0.1) is 16.6 Å². The van der Waals surface area contributed by atoms with E-state index in [0.29, 0.717) is 28.0 Å². The van der Waals surface area contributed by atoms with Crippen LogP contribution in [0.4, 0.5) is 0 Å². The first-order chi connectivity index (χ1) is 33.8. The van der Waals surface area contributed by atoms with E-state index in [1.54, 1.807) is 33.8 Å².